The Hall–Kier alpha value is -7.24. The second-order valence-electron chi connectivity index (χ2n) is 20.2. The number of pyridine rings is 1. The van der Waals surface area contributed by atoms with Gasteiger partial charge in [-0.15, -0.1) is 0 Å². The van der Waals surface area contributed by atoms with Crippen molar-refractivity contribution in [1.29, 1.82) is 0 Å². The third kappa shape index (κ3) is 6.81. The van der Waals surface area contributed by atoms with Crippen LogP contribution in [-0.4, -0.2) is 14.1 Å². The molecule has 4 aliphatic carbocycles. The molecule has 0 N–H and O–H groups in total. The van der Waals surface area contributed by atoms with Gasteiger partial charge in [0.1, 0.15) is 17.3 Å². The first-order valence-corrected chi connectivity index (χ1v) is 23.5. The van der Waals surface area contributed by atoms with Crippen molar-refractivity contribution >= 4 is 32.8 Å². The third-order valence-electron chi connectivity index (χ3n) is 14.9. The van der Waals surface area contributed by atoms with E-state index in [2.05, 4.69) is 80.2 Å². The highest BCUT2D eigenvalue weighted by Crippen LogP contribution is 2.61. The lowest BCUT2D eigenvalue weighted by atomic mass is 9.48. The lowest BCUT2D eigenvalue weighted by molar-refractivity contribution is -0.571. The molecule has 4 saturated carbocycles. The molecule has 3 heterocycles. The lowest BCUT2D eigenvalue weighted by Crippen LogP contribution is -2.48. The van der Waals surface area contributed by atoms with E-state index in [-0.39, 0.29) is 38.8 Å². The SMILES string of the molecule is [2H]c1c([2H])c([2H])c(-c2cccc(-c3c([2H])c([2H])c([2H])c([2H])c3[2H])c2-[n+]2[c-]n(-c3cccc(Oc4ccc5c6ccccc6n(-c6cc(C(C)(C)C)ccn6)c5c4)c3)c3ccc(C45CC6CC(CC(C6)C4)C5)cc32)c([2H])c1[2H]. The maximum absolute atomic E-state index is 9.26. The predicted molar refractivity (Wildman–Crippen MR) is 272 cm³/mol. The molecule has 328 valence electrons. The molecule has 0 atom stereocenters. The highest BCUT2D eigenvalue weighted by Gasteiger charge is 2.51. The molecule has 67 heavy (non-hydrogen) atoms. The number of ether oxygens (including phenoxy) is 1. The van der Waals surface area contributed by atoms with Crippen LogP contribution in [0.5, 0.6) is 11.5 Å². The number of para-hydroxylation sites is 2. The van der Waals surface area contributed by atoms with Crippen molar-refractivity contribution in [2.45, 2.75) is 70.1 Å². The molecule has 4 fully saturated rings. The Balaban J connectivity index is 1.02. The molecule has 0 amide bonds. The number of nitrogens with zero attached hydrogens (tertiary/aromatic N) is 4. The van der Waals surface area contributed by atoms with E-state index >= 15 is 0 Å². The van der Waals surface area contributed by atoms with Gasteiger partial charge in [-0.2, -0.15) is 0 Å². The molecule has 10 aromatic rings. The van der Waals surface area contributed by atoms with E-state index in [0.29, 0.717) is 40.5 Å². The first-order chi connectivity index (χ1) is 36.9. The van der Waals surface area contributed by atoms with Gasteiger partial charge < -0.3 is 4.74 Å². The van der Waals surface area contributed by atoms with E-state index in [9.17, 15) is 5.48 Å². The summed E-state index contributed by atoms with van der Waals surface area (Å²) in [6.45, 7) is 6.58. The molecule has 4 bridgehead atoms. The fourth-order valence-electron chi connectivity index (χ4n) is 12.3. The Labute approximate surface area is 407 Å². The van der Waals surface area contributed by atoms with Gasteiger partial charge in [-0.1, -0.05) is 136 Å². The molecule has 0 spiro atoms. The minimum atomic E-state index is -0.546. The van der Waals surface area contributed by atoms with Gasteiger partial charge in [0.2, 0.25) is 0 Å². The highest BCUT2D eigenvalue weighted by molar-refractivity contribution is 6.09. The summed E-state index contributed by atoms with van der Waals surface area (Å²) in [7, 11) is 0. The predicted octanol–water partition coefficient (Wildman–Crippen LogP) is 15.1. The monoisotopic (exact) mass is 880 g/mol. The molecular weight excluding hydrogens is 817 g/mol. The van der Waals surface area contributed by atoms with Crippen LogP contribution < -0.4 is 9.30 Å². The summed E-state index contributed by atoms with van der Waals surface area (Å²) in [5, 5.41) is 2.15. The van der Waals surface area contributed by atoms with Crippen molar-refractivity contribution in [3.8, 4) is 50.9 Å². The molecule has 3 aromatic heterocycles. The second-order valence-corrected chi connectivity index (χ2v) is 20.2. The zero-order chi connectivity index (χ0) is 53.6. The van der Waals surface area contributed by atoms with Gasteiger partial charge >= 0.3 is 0 Å². The number of benzene rings is 7. The normalized spacial score (nSPS) is 22.1. The van der Waals surface area contributed by atoms with E-state index in [1.165, 1.54) is 30.4 Å². The molecule has 4 aliphatic rings. The molecule has 0 saturated heterocycles. The van der Waals surface area contributed by atoms with Crippen LogP contribution in [0.1, 0.15) is 84.1 Å². The fraction of sp³-hybridized carbons (Fsp3) is 0.226. The fourth-order valence-corrected chi connectivity index (χ4v) is 12.3. The van der Waals surface area contributed by atoms with Gasteiger partial charge in [-0.05, 0) is 155 Å². The first-order valence-electron chi connectivity index (χ1n) is 28.5. The Kier molecular flexibility index (Phi) is 7.10. The van der Waals surface area contributed by atoms with Crippen molar-refractivity contribution in [1.82, 2.24) is 14.1 Å². The topological polar surface area (TPSA) is 35.9 Å². The third-order valence-corrected chi connectivity index (χ3v) is 14.9. The van der Waals surface area contributed by atoms with Crippen molar-refractivity contribution < 1.29 is 23.0 Å². The minimum absolute atomic E-state index is 0.0446. The van der Waals surface area contributed by atoms with Gasteiger partial charge in [-0.3, -0.25) is 13.7 Å². The number of hydrogen-bond acceptors (Lipinski definition) is 2. The first kappa shape index (κ1) is 30.9. The molecule has 5 heteroatoms. The maximum Gasteiger partial charge on any atom is 0.269 e. The summed E-state index contributed by atoms with van der Waals surface area (Å²) in [5.41, 5.74) is 6.75. The molecule has 7 aromatic carbocycles. The number of rotatable bonds is 8. The Morgan fingerprint density at radius 3 is 2.00 bits per heavy atom. The van der Waals surface area contributed by atoms with Gasteiger partial charge in [0.15, 0.2) is 0 Å². The Bertz CT molecular complexity index is 3960. The van der Waals surface area contributed by atoms with Crippen molar-refractivity contribution in [2.75, 3.05) is 0 Å². The average Bonchev–Trinajstić information content (AvgIpc) is 4.13. The summed E-state index contributed by atoms with van der Waals surface area (Å²) >= 11 is 0. The van der Waals surface area contributed by atoms with Gasteiger partial charge in [0.05, 0.1) is 47.1 Å². The molecule has 0 aliphatic heterocycles. The van der Waals surface area contributed by atoms with Crippen LogP contribution in [0.3, 0.4) is 0 Å². The van der Waals surface area contributed by atoms with E-state index < -0.39 is 60.4 Å². The van der Waals surface area contributed by atoms with E-state index in [0.717, 1.165) is 52.4 Å². The van der Waals surface area contributed by atoms with E-state index in [4.69, 9.17) is 17.9 Å². The standard InChI is InChI=1S/C62H54N4O/c1-61(2,3)46-28-29-63-59(34-46)66-55-23-11-10-20-53(55)54-26-25-50(36-57(54)66)67-49-19-12-18-48(35-49)64-40-65(58-33-47(24-27-56(58)64)62-37-41-30-42(38-62)32-43(31-41)39-62)60-51(44-14-6-4-7-15-44)21-13-22-52(60)45-16-8-5-9-17-45/h4-29,33-36,41-43H,30-32,37-39H2,1-3H3/i4D,5D,6D,7D,8D,9D,14D,15D,16D,17D. The summed E-state index contributed by atoms with van der Waals surface area (Å²) in [5.74, 6) is 3.93. The smallest absolute Gasteiger partial charge is 0.269 e. The molecule has 0 unspecified atom stereocenters. The maximum atomic E-state index is 9.26. The molecular formula is C62H54N4O. The average molecular weight is 881 g/mol. The lowest BCUT2D eigenvalue weighted by Gasteiger charge is -2.57. The second kappa shape index (κ2) is 15.4. The van der Waals surface area contributed by atoms with Crippen LogP contribution in [0.4, 0.5) is 0 Å². The Morgan fingerprint density at radius 2 is 1.30 bits per heavy atom. The van der Waals surface area contributed by atoms with Crippen molar-refractivity contribution in [2.24, 2.45) is 17.8 Å². The Morgan fingerprint density at radius 1 is 0.642 bits per heavy atom. The van der Waals surface area contributed by atoms with Gasteiger partial charge in [-0.25, -0.2) is 4.98 Å². The minimum Gasteiger partial charge on any atom is -0.458 e. The van der Waals surface area contributed by atoms with Crippen LogP contribution >= 0.6 is 0 Å². The van der Waals surface area contributed by atoms with Crippen LogP contribution in [0.2, 0.25) is 0 Å². The molecule has 14 rings (SSSR count). The van der Waals surface area contributed by atoms with Crippen LogP contribution in [0.25, 0.3) is 72.3 Å². The van der Waals surface area contributed by atoms with Crippen LogP contribution in [0.15, 0.2) is 182 Å². The van der Waals surface area contributed by atoms with Crippen molar-refractivity contribution in [3.63, 3.8) is 0 Å². The summed E-state index contributed by atoms with van der Waals surface area (Å²) in [4.78, 5) is 4.87. The van der Waals surface area contributed by atoms with E-state index in [1.807, 2.05) is 59.3 Å². The zero-order valence-electron chi connectivity index (χ0n) is 47.7. The largest absolute Gasteiger partial charge is 0.458 e. The highest BCUT2D eigenvalue weighted by atomic mass is 16.5. The number of aromatic nitrogens is 4. The number of hydrogen-bond donors (Lipinski definition) is 0. The van der Waals surface area contributed by atoms with Gasteiger partial charge in [0, 0.05) is 23.0 Å². The van der Waals surface area contributed by atoms with Gasteiger partial charge in [0.25, 0.3) is 6.33 Å². The molecule has 0 radical (unpaired) electrons. The van der Waals surface area contributed by atoms with Crippen molar-refractivity contribution in [3.05, 3.63) is 199 Å². The van der Waals surface area contributed by atoms with Crippen LogP contribution in [0, 0.1) is 24.1 Å². The summed E-state index contributed by atoms with van der Waals surface area (Å²) in [6, 6.07) is 32.9. The summed E-state index contributed by atoms with van der Waals surface area (Å²) < 4.78 is 102. The number of imidazole rings is 1. The number of fused-ring (bicyclic) bond motifs is 4. The molecule has 5 nitrogen and oxygen atoms in total. The zero-order valence-corrected chi connectivity index (χ0v) is 37.7. The van der Waals surface area contributed by atoms with E-state index in [1.54, 1.807) is 22.8 Å². The van der Waals surface area contributed by atoms with Crippen LogP contribution in [-0.2, 0) is 10.8 Å². The quantitative estimate of drug-likeness (QED) is 0.113. The summed E-state index contributed by atoms with van der Waals surface area (Å²) in [6.07, 6.45) is 12.6.